The second kappa shape index (κ2) is 11.6. The molecule has 1 aromatic heterocycles. The van der Waals surface area contributed by atoms with E-state index in [2.05, 4.69) is 25.2 Å². The number of hydrogen-bond donors (Lipinski definition) is 1. The number of nitrogens with one attached hydrogen (secondary N) is 1. The molecule has 1 unspecified atom stereocenters. The number of carbonyl (C=O) groups excluding carboxylic acids is 1. The Morgan fingerprint density at radius 1 is 1.06 bits per heavy atom. The summed E-state index contributed by atoms with van der Waals surface area (Å²) in [5, 5.41) is 7.92. The van der Waals surface area contributed by atoms with Gasteiger partial charge in [0.05, 0.1) is 17.9 Å². The maximum Gasteiger partial charge on any atom is 0.239 e. The van der Waals surface area contributed by atoms with Crippen molar-refractivity contribution in [3.05, 3.63) is 48.3 Å². The maximum atomic E-state index is 12.7. The Hall–Kier alpha value is -2.14. The van der Waals surface area contributed by atoms with Crippen molar-refractivity contribution in [1.29, 1.82) is 0 Å². The summed E-state index contributed by atoms with van der Waals surface area (Å²) in [7, 11) is 1.82. The van der Waals surface area contributed by atoms with Crippen molar-refractivity contribution in [1.82, 2.24) is 29.8 Å². The Morgan fingerprint density at radius 3 is 2.41 bits per heavy atom. The Bertz CT molecular complexity index is 887. The SMILES string of the molecule is CN=C(NCc1cnn(-c2ccccc2)c1)N1CCN(C(C)C(=O)N2CCCC2)CC1.I. The van der Waals surface area contributed by atoms with E-state index in [0.717, 1.165) is 69.3 Å². The first kappa shape index (κ1) is 24.5. The number of hydrogen-bond acceptors (Lipinski definition) is 4. The molecule has 1 aromatic carbocycles. The average Bonchev–Trinajstić information content (AvgIpc) is 3.52. The number of likely N-dealkylation sites (tertiary alicyclic amines) is 1. The van der Waals surface area contributed by atoms with Crippen molar-refractivity contribution in [2.45, 2.75) is 32.4 Å². The minimum atomic E-state index is -0.0425. The number of aliphatic imine (C=N–C) groups is 1. The molecular weight excluding hydrogens is 517 g/mol. The summed E-state index contributed by atoms with van der Waals surface area (Å²) in [5.41, 5.74) is 2.15. The molecule has 0 aliphatic carbocycles. The summed E-state index contributed by atoms with van der Waals surface area (Å²) in [6.07, 6.45) is 6.20. The lowest BCUT2D eigenvalue weighted by atomic mass is 10.2. The minimum absolute atomic E-state index is 0. The zero-order valence-corrected chi connectivity index (χ0v) is 21.3. The van der Waals surface area contributed by atoms with E-state index < -0.39 is 0 Å². The molecule has 1 amide bonds. The van der Waals surface area contributed by atoms with Crippen LogP contribution in [0.5, 0.6) is 0 Å². The Labute approximate surface area is 207 Å². The van der Waals surface area contributed by atoms with E-state index in [9.17, 15) is 4.79 Å². The average molecular weight is 551 g/mol. The fraction of sp³-hybridized carbons (Fsp3) is 0.522. The molecule has 0 radical (unpaired) electrons. The zero-order valence-electron chi connectivity index (χ0n) is 19.0. The Kier molecular flexibility index (Phi) is 8.92. The van der Waals surface area contributed by atoms with Crippen LogP contribution in [-0.4, -0.2) is 88.7 Å². The monoisotopic (exact) mass is 551 g/mol. The number of rotatable bonds is 5. The molecule has 2 aromatic rings. The summed E-state index contributed by atoms with van der Waals surface area (Å²) in [6, 6.07) is 10.1. The lowest BCUT2D eigenvalue weighted by Gasteiger charge is -2.39. The second-order valence-electron chi connectivity index (χ2n) is 8.26. The molecule has 1 N–H and O–H groups in total. The highest BCUT2D eigenvalue weighted by molar-refractivity contribution is 14.0. The molecule has 9 heteroatoms. The van der Waals surface area contributed by atoms with Crippen LogP contribution in [0, 0.1) is 0 Å². The molecular formula is C23H34IN7O. The molecule has 2 aliphatic rings. The smallest absolute Gasteiger partial charge is 0.239 e. The van der Waals surface area contributed by atoms with Crippen molar-refractivity contribution in [2.24, 2.45) is 4.99 Å². The molecule has 3 heterocycles. The van der Waals surface area contributed by atoms with E-state index in [0.29, 0.717) is 6.54 Å². The number of guanidine groups is 1. The minimum Gasteiger partial charge on any atom is -0.352 e. The van der Waals surface area contributed by atoms with Crippen LogP contribution in [0.15, 0.2) is 47.7 Å². The molecule has 8 nitrogen and oxygen atoms in total. The van der Waals surface area contributed by atoms with E-state index >= 15 is 0 Å². The summed E-state index contributed by atoms with van der Waals surface area (Å²) in [5.74, 6) is 1.18. The maximum absolute atomic E-state index is 12.7. The highest BCUT2D eigenvalue weighted by Crippen LogP contribution is 2.14. The first-order valence-corrected chi connectivity index (χ1v) is 11.2. The van der Waals surface area contributed by atoms with Crippen LogP contribution in [0.3, 0.4) is 0 Å². The number of amides is 1. The largest absolute Gasteiger partial charge is 0.352 e. The van der Waals surface area contributed by atoms with Gasteiger partial charge in [-0.25, -0.2) is 4.68 Å². The van der Waals surface area contributed by atoms with Gasteiger partial charge >= 0.3 is 0 Å². The van der Waals surface area contributed by atoms with Gasteiger partial charge in [-0.15, -0.1) is 24.0 Å². The van der Waals surface area contributed by atoms with Gasteiger partial charge in [-0.3, -0.25) is 14.7 Å². The Balaban J connectivity index is 0.00000289. The highest BCUT2D eigenvalue weighted by atomic mass is 127. The van der Waals surface area contributed by atoms with Crippen LogP contribution < -0.4 is 5.32 Å². The molecule has 2 saturated heterocycles. The topological polar surface area (TPSA) is 69.0 Å². The molecule has 2 fully saturated rings. The van der Waals surface area contributed by atoms with Gasteiger partial charge < -0.3 is 15.1 Å². The molecule has 0 bridgehead atoms. The third-order valence-corrected chi connectivity index (χ3v) is 6.26. The molecule has 2 aliphatic heterocycles. The van der Waals surface area contributed by atoms with Crippen molar-refractivity contribution < 1.29 is 4.79 Å². The molecule has 1 atom stereocenters. The second-order valence-corrected chi connectivity index (χ2v) is 8.26. The van der Waals surface area contributed by atoms with E-state index in [1.807, 2.05) is 66.3 Å². The van der Waals surface area contributed by atoms with Gasteiger partial charge in [0.25, 0.3) is 0 Å². The van der Waals surface area contributed by atoms with E-state index in [1.54, 1.807) is 0 Å². The number of halogens is 1. The molecule has 32 heavy (non-hydrogen) atoms. The summed E-state index contributed by atoms with van der Waals surface area (Å²) in [4.78, 5) is 23.8. The first-order valence-electron chi connectivity index (χ1n) is 11.2. The molecule has 174 valence electrons. The quantitative estimate of drug-likeness (QED) is 0.351. The number of piperazine rings is 1. The van der Waals surface area contributed by atoms with Gasteiger partial charge in [-0.05, 0) is 31.9 Å². The summed E-state index contributed by atoms with van der Waals surface area (Å²) >= 11 is 0. The zero-order chi connectivity index (χ0) is 21.6. The third-order valence-electron chi connectivity index (χ3n) is 6.26. The van der Waals surface area contributed by atoms with Gasteiger partial charge in [0.15, 0.2) is 5.96 Å². The van der Waals surface area contributed by atoms with Crippen LogP contribution in [0.4, 0.5) is 0 Å². The van der Waals surface area contributed by atoms with Crippen molar-refractivity contribution in [2.75, 3.05) is 46.3 Å². The van der Waals surface area contributed by atoms with E-state index in [4.69, 9.17) is 0 Å². The molecule has 4 rings (SSSR count). The van der Waals surface area contributed by atoms with Gasteiger partial charge in [0, 0.05) is 64.6 Å². The van der Waals surface area contributed by atoms with E-state index in [1.165, 1.54) is 0 Å². The number of nitrogens with zero attached hydrogens (tertiary/aromatic N) is 6. The number of benzene rings is 1. The van der Waals surface area contributed by atoms with Gasteiger partial charge in [0.1, 0.15) is 0 Å². The van der Waals surface area contributed by atoms with Crippen molar-refractivity contribution in [3.63, 3.8) is 0 Å². The van der Waals surface area contributed by atoms with Crippen LogP contribution in [0.2, 0.25) is 0 Å². The van der Waals surface area contributed by atoms with Gasteiger partial charge in [-0.2, -0.15) is 5.10 Å². The highest BCUT2D eigenvalue weighted by Gasteiger charge is 2.30. The lowest BCUT2D eigenvalue weighted by molar-refractivity contribution is -0.135. The fourth-order valence-corrected chi connectivity index (χ4v) is 4.37. The van der Waals surface area contributed by atoms with E-state index in [-0.39, 0.29) is 35.9 Å². The predicted molar refractivity (Wildman–Crippen MR) is 138 cm³/mol. The van der Waals surface area contributed by atoms with Crippen LogP contribution in [0.1, 0.15) is 25.3 Å². The van der Waals surface area contributed by atoms with Gasteiger partial charge in [-0.1, -0.05) is 18.2 Å². The number of carbonyl (C=O) groups is 1. The molecule has 0 saturated carbocycles. The first-order chi connectivity index (χ1) is 15.2. The lowest BCUT2D eigenvalue weighted by Crippen LogP contribution is -2.57. The standard InChI is InChI=1S/C23H33N7O.HI/c1-19(22(31)28-10-6-7-11-28)27-12-14-29(15-13-27)23(24-2)25-16-20-17-26-30(18-20)21-8-4-3-5-9-21;/h3-5,8-9,17-19H,6-7,10-16H2,1-2H3,(H,24,25);1H. The predicted octanol–water partition coefficient (Wildman–Crippen LogP) is 2.19. The number of para-hydroxylation sites is 1. The van der Waals surface area contributed by atoms with Crippen LogP contribution >= 0.6 is 24.0 Å². The number of aromatic nitrogens is 2. The van der Waals surface area contributed by atoms with Crippen molar-refractivity contribution in [3.8, 4) is 5.69 Å². The fourth-order valence-electron chi connectivity index (χ4n) is 4.37. The molecule has 0 spiro atoms. The summed E-state index contributed by atoms with van der Waals surface area (Å²) in [6.45, 7) is 8.01. The normalized spacial score (nSPS) is 18.4. The van der Waals surface area contributed by atoms with Crippen molar-refractivity contribution >= 4 is 35.8 Å². The van der Waals surface area contributed by atoms with Gasteiger partial charge in [0.2, 0.25) is 5.91 Å². The van der Waals surface area contributed by atoms with Crippen LogP contribution in [0.25, 0.3) is 5.69 Å². The van der Waals surface area contributed by atoms with Crippen LogP contribution in [-0.2, 0) is 11.3 Å². The summed E-state index contributed by atoms with van der Waals surface area (Å²) < 4.78 is 1.89. The third kappa shape index (κ3) is 5.80. The Morgan fingerprint density at radius 2 is 1.75 bits per heavy atom.